The summed E-state index contributed by atoms with van der Waals surface area (Å²) in [5, 5.41) is 20.7. The first-order valence-electron chi connectivity index (χ1n) is 6.48. The summed E-state index contributed by atoms with van der Waals surface area (Å²) < 4.78 is 4.90. The van der Waals surface area contributed by atoms with Gasteiger partial charge >= 0.3 is 5.97 Å². The Labute approximate surface area is 117 Å². The van der Waals surface area contributed by atoms with Crippen LogP contribution in [0.15, 0.2) is 24.3 Å². The van der Waals surface area contributed by atoms with Crippen molar-refractivity contribution in [2.45, 2.75) is 19.3 Å². The van der Waals surface area contributed by atoms with Gasteiger partial charge in [-0.3, -0.25) is 9.59 Å². The van der Waals surface area contributed by atoms with Crippen molar-refractivity contribution in [1.82, 2.24) is 5.32 Å². The van der Waals surface area contributed by atoms with E-state index in [1.54, 1.807) is 12.1 Å². The molecule has 0 aliphatic carbocycles. The number of para-hydroxylation sites is 1. The Morgan fingerprint density at radius 3 is 2.65 bits per heavy atom. The Balaban J connectivity index is 2.17. The van der Waals surface area contributed by atoms with Gasteiger partial charge in [0.05, 0.1) is 12.2 Å². The van der Waals surface area contributed by atoms with Crippen LogP contribution in [0.2, 0.25) is 0 Å². The molecule has 0 radical (unpaired) electrons. The summed E-state index contributed by atoms with van der Waals surface area (Å²) in [7, 11) is 0. The lowest BCUT2D eigenvalue weighted by atomic mass is 10.2. The molecule has 0 saturated carbocycles. The number of nitrogens with one attached hydrogen (secondary N) is 1. The third-order valence-electron chi connectivity index (χ3n) is 2.56. The lowest BCUT2D eigenvalue weighted by Gasteiger charge is -2.07. The van der Waals surface area contributed by atoms with Gasteiger partial charge in [0.25, 0.3) is 5.91 Å². The zero-order chi connectivity index (χ0) is 14.8. The molecule has 3 N–H and O–H groups in total. The number of ether oxygens (including phenoxy) is 1. The SMILES string of the molecule is O=C(CCCO)OCCCNC(=O)c1ccccc1O. The highest BCUT2D eigenvalue weighted by atomic mass is 16.5. The monoisotopic (exact) mass is 281 g/mol. The Hall–Kier alpha value is -2.08. The van der Waals surface area contributed by atoms with Crippen LogP contribution in [0.25, 0.3) is 0 Å². The van der Waals surface area contributed by atoms with E-state index in [0.717, 1.165) is 0 Å². The van der Waals surface area contributed by atoms with Crippen LogP contribution < -0.4 is 5.32 Å². The average Bonchev–Trinajstić information content (AvgIpc) is 2.45. The van der Waals surface area contributed by atoms with Gasteiger partial charge in [0, 0.05) is 19.6 Å². The quantitative estimate of drug-likeness (QED) is 0.484. The van der Waals surface area contributed by atoms with Crippen LogP contribution in [0, 0.1) is 0 Å². The molecule has 0 aliphatic heterocycles. The molecule has 0 spiro atoms. The van der Waals surface area contributed by atoms with Crippen LogP contribution in [0.4, 0.5) is 0 Å². The lowest BCUT2D eigenvalue weighted by molar-refractivity contribution is -0.144. The van der Waals surface area contributed by atoms with Crippen LogP contribution in [0.1, 0.15) is 29.6 Å². The molecule has 110 valence electrons. The predicted molar refractivity (Wildman–Crippen MR) is 72.3 cm³/mol. The third-order valence-corrected chi connectivity index (χ3v) is 2.56. The first-order valence-corrected chi connectivity index (χ1v) is 6.48. The van der Waals surface area contributed by atoms with E-state index in [0.29, 0.717) is 19.4 Å². The Kier molecular flexibility index (Phi) is 7.13. The van der Waals surface area contributed by atoms with Crippen molar-refractivity contribution in [3.05, 3.63) is 29.8 Å². The number of aliphatic hydroxyl groups is 1. The number of amides is 1. The minimum absolute atomic E-state index is 0.0360. The number of phenolic OH excluding ortho intramolecular Hbond substituents is 1. The van der Waals surface area contributed by atoms with Gasteiger partial charge in [-0.15, -0.1) is 0 Å². The summed E-state index contributed by atoms with van der Waals surface area (Å²) in [5.74, 6) is -0.791. The van der Waals surface area contributed by atoms with Gasteiger partial charge in [0.2, 0.25) is 0 Å². The predicted octanol–water partition coefficient (Wildman–Crippen LogP) is 0.828. The highest BCUT2D eigenvalue weighted by molar-refractivity contribution is 5.96. The second-order valence-corrected chi connectivity index (χ2v) is 4.17. The standard InChI is InChI=1S/C14H19NO5/c16-9-3-7-13(18)20-10-4-8-15-14(19)11-5-1-2-6-12(11)17/h1-2,5-6,16-17H,3-4,7-10H2,(H,15,19). The van der Waals surface area contributed by atoms with E-state index in [4.69, 9.17) is 9.84 Å². The van der Waals surface area contributed by atoms with Crippen molar-refractivity contribution in [2.75, 3.05) is 19.8 Å². The summed E-state index contributed by atoms with van der Waals surface area (Å²) in [5.41, 5.74) is 0.215. The molecule has 0 unspecified atom stereocenters. The van der Waals surface area contributed by atoms with Crippen LogP contribution in [-0.4, -0.2) is 41.8 Å². The van der Waals surface area contributed by atoms with Crippen molar-refractivity contribution in [3.63, 3.8) is 0 Å². The molecule has 0 fully saturated rings. The molecule has 1 rings (SSSR count). The van der Waals surface area contributed by atoms with E-state index in [-0.39, 0.29) is 42.8 Å². The number of hydrogen-bond donors (Lipinski definition) is 3. The van der Waals surface area contributed by atoms with Gasteiger partial charge in [-0.2, -0.15) is 0 Å². The Bertz CT molecular complexity index is 447. The highest BCUT2D eigenvalue weighted by Crippen LogP contribution is 2.14. The van der Waals surface area contributed by atoms with E-state index in [1.807, 2.05) is 0 Å². The maximum Gasteiger partial charge on any atom is 0.305 e. The topological polar surface area (TPSA) is 95.9 Å². The zero-order valence-electron chi connectivity index (χ0n) is 11.2. The molecule has 0 bridgehead atoms. The molecule has 0 atom stereocenters. The smallest absolute Gasteiger partial charge is 0.305 e. The summed E-state index contributed by atoms with van der Waals surface area (Å²) in [6, 6.07) is 6.27. The van der Waals surface area contributed by atoms with E-state index in [9.17, 15) is 14.7 Å². The molecule has 0 aliphatic rings. The van der Waals surface area contributed by atoms with Crippen LogP contribution in [-0.2, 0) is 9.53 Å². The van der Waals surface area contributed by atoms with E-state index in [1.165, 1.54) is 12.1 Å². The van der Waals surface area contributed by atoms with Gasteiger partial charge < -0.3 is 20.3 Å². The maximum absolute atomic E-state index is 11.7. The van der Waals surface area contributed by atoms with Crippen LogP contribution in [0.3, 0.4) is 0 Å². The fourth-order valence-corrected chi connectivity index (χ4v) is 1.52. The van der Waals surface area contributed by atoms with E-state index in [2.05, 4.69) is 5.32 Å². The largest absolute Gasteiger partial charge is 0.507 e. The molecular formula is C14H19NO5. The maximum atomic E-state index is 11.7. The van der Waals surface area contributed by atoms with Crippen LogP contribution >= 0.6 is 0 Å². The molecule has 0 saturated heterocycles. The summed E-state index contributed by atoms with van der Waals surface area (Å²) in [4.78, 5) is 22.8. The molecular weight excluding hydrogens is 262 g/mol. The normalized spacial score (nSPS) is 10.1. The molecule has 0 aromatic heterocycles. The molecule has 1 amide bonds. The van der Waals surface area contributed by atoms with Gasteiger partial charge in [0.15, 0.2) is 0 Å². The van der Waals surface area contributed by atoms with Gasteiger partial charge in [-0.25, -0.2) is 0 Å². The number of aromatic hydroxyl groups is 1. The van der Waals surface area contributed by atoms with Crippen LogP contribution in [0.5, 0.6) is 5.75 Å². The summed E-state index contributed by atoms with van der Waals surface area (Å²) in [6.45, 7) is 0.525. The zero-order valence-corrected chi connectivity index (χ0v) is 11.2. The molecule has 1 aromatic carbocycles. The van der Waals surface area contributed by atoms with Gasteiger partial charge in [-0.05, 0) is 25.0 Å². The molecule has 0 heterocycles. The Morgan fingerprint density at radius 2 is 1.95 bits per heavy atom. The summed E-state index contributed by atoms with van der Waals surface area (Å²) in [6.07, 6.45) is 1.08. The number of esters is 1. The van der Waals surface area contributed by atoms with Gasteiger partial charge in [-0.1, -0.05) is 12.1 Å². The van der Waals surface area contributed by atoms with E-state index < -0.39 is 0 Å². The van der Waals surface area contributed by atoms with E-state index >= 15 is 0 Å². The van der Waals surface area contributed by atoms with Crippen molar-refractivity contribution in [3.8, 4) is 5.75 Å². The fourth-order valence-electron chi connectivity index (χ4n) is 1.52. The highest BCUT2D eigenvalue weighted by Gasteiger charge is 2.09. The van der Waals surface area contributed by atoms with Crippen molar-refractivity contribution in [2.24, 2.45) is 0 Å². The van der Waals surface area contributed by atoms with Gasteiger partial charge in [0.1, 0.15) is 5.75 Å². The van der Waals surface area contributed by atoms with Crippen molar-refractivity contribution >= 4 is 11.9 Å². The molecule has 6 nitrogen and oxygen atoms in total. The minimum Gasteiger partial charge on any atom is -0.507 e. The molecule has 20 heavy (non-hydrogen) atoms. The fraction of sp³-hybridized carbons (Fsp3) is 0.429. The summed E-state index contributed by atoms with van der Waals surface area (Å²) >= 11 is 0. The third kappa shape index (κ3) is 5.71. The number of phenols is 1. The number of rotatable bonds is 8. The number of benzene rings is 1. The first-order chi connectivity index (χ1) is 9.65. The molecule has 6 heteroatoms. The molecule has 1 aromatic rings. The first kappa shape index (κ1) is 16.0. The minimum atomic E-state index is -0.366. The number of carbonyl (C=O) groups is 2. The second kappa shape index (κ2) is 8.92. The lowest BCUT2D eigenvalue weighted by Crippen LogP contribution is -2.25. The average molecular weight is 281 g/mol. The number of hydrogen-bond acceptors (Lipinski definition) is 5. The van der Waals surface area contributed by atoms with Crippen molar-refractivity contribution < 1.29 is 24.5 Å². The number of carbonyl (C=O) groups excluding carboxylic acids is 2. The Morgan fingerprint density at radius 1 is 1.20 bits per heavy atom. The second-order valence-electron chi connectivity index (χ2n) is 4.17. The van der Waals surface area contributed by atoms with Crippen molar-refractivity contribution in [1.29, 1.82) is 0 Å². The number of aliphatic hydroxyl groups excluding tert-OH is 1.